The summed E-state index contributed by atoms with van der Waals surface area (Å²) >= 11 is 0. The van der Waals surface area contributed by atoms with Crippen LogP contribution in [0.4, 0.5) is 0 Å². The summed E-state index contributed by atoms with van der Waals surface area (Å²) in [5, 5.41) is 20.6. The molecule has 2 heterocycles. The fourth-order valence-electron chi connectivity index (χ4n) is 7.02. The number of sulfone groups is 1. The molecule has 0 unspecified atom stereocenters. The number of piperidine rings is 1. The van der Waals surface area contributed by atoms with E-state index in [4.69, 9.17) is 0 Å². The molecule has 1 aliphatic carbocycles. The van der Waals surface area contributed by atoms with E-state index in [9.17, 15) is 27.9 Å². The second kappa shape index (κ2) is 16.6. The van der Waals surface area contributed by atoms with Crippen molar-refractivity contribution in [3.05, 3.63) is 72.1 Å². The van der Waals surface area contributed by atoms with Gasteiger partial charge in [-0.25, -0.2) is 8.42 Å². The summed E-state index contributed by atoms with van der Waals surface area (Å²) in [7, 11) is -3.86. The summed E-state index contributed by atoms with van der Waals surface area (Å²) in [5.74, 6) is -0.592. The topological polar surface area (TPSA) is 158 Å². The first-order valence-electron chi connectivity index (χ1n) is 17.6. The van der Waals surface area contributed by atoms with E-state index in [2.05, 4.69) is 25.8 Å². The van der Waals surface area contributed by atoms with Gasteiger partial charge in [0.1, 0.15) is 6.04 Å². The number of β-amino-alcohol motifs (C(OH)–C–C–N with tert-alkyl or cyclic N) is 1. The average Bonchev–Trinajstić information content (AvgIpc) is 3.05. The second-order valence-corrected chi connectivity index (χ2v) is 18.1. The van der Waals surface area contributed by atoms with Crippen molar-refractivity contribution in [3.63, 3.8) is 0 Å². The zero-order valence-electron chi connectivity index (χ0n) is 30.3. The number of carbonyl (C=O) groups is 3. The first kappa shape index (κ1) is 39.2. The van der Waals surface area contributed by atoms with Crippen LogP contribution in [0.15, 0.2) is 60.9 Å². The van der Waals surface area contributed by atoms with Gasteiger partial charge in [0.2, 0.25) is 17.7 Å². The zero-order chi connectivity index (χ0) is 36.7. The Kier molecular flexibility index (Phi) is 13.0. The molecule has 1 aliphatic heterocycles. The van der Waals surface area contributed by atoms with E-state index in [1.54, 1.807) is 30.6 Å². The van der Waals surface area contributed by atoms with Crippen molar-refractivity contribution in [2.75, 3.05) is 19.3 Å². The lowest BCUT2D eigenvalue weighted by atomic mass is 9.72. The van der Waals surface area contributed by atoms with Crippen LogP contribution in [-0.4, -0.2) is 95.0 Å². The highest BCUT2D eigenvalue weighted by Crippen LogP contribution is 2.39. The van der Waals surface area contributed by atoms with Crippen molar-refractivity contribution in [3.8, 4) is 0 Å². The smallest absolute Gasteiger partial charge is 0.244 e. The lowest BCUT2D eigenvalue weighted by Crippen LogP contribution is -2.64. The number of hydrogen-bond donors (Lipinski definition) is 4. The summed E-state index contributed by atoms with van der Waals surface area (Å²) in [6, 6.07) is 10.0. The van der Waals surface area contributed by atoms with Gasteiger partial charge >= 0.3 is 0 Å². The molecule has 50 heavy (non-hydrogen) atoms. The van der Waals surface area contributed by atoms with Gasteiger partial charge in [-0.05, 0) is 95.1 Å². The minimum absolute atomic E-state index is 0.0742. The van der Waals surface area contributed by atoms with Gasteiger partial charge in [0, 0.05) is 43.4 Å². The summed E-state index contributed by atoms with van der Waals surface area (Å²) in [6.45, 7) is 9.44. The number of hydrogen-bond acceptors (Lipinski definition) is 8. The number of aliphatic hydroxyl groups is 1. The predicted molar refractivity (Wildman–Crippen MR) is 196 cm³/mol. The summed E-state index contributed by atoms with van der Waals surface area (Å²) in [4.78, 5) is 46.9. The molecule has 274 valence electrons. The van der Waals surface area contributed by atoms with Gasteiger partial charge < -0.3 is 21.1 Å². The summed E-state index contributed by atoms with van der Waals surface area (Å²) in [6.07, 6.45) is 11.3. The molecule has 1 saturated heterocycles. The molecule has 1 saturated carbocycles. The van der Waals surface area contributed by atoms with E-state index >= 15 is 0 Å². The maximum Gasteiger partial charge on any atom is 0.244 e. The molecule has 11 nitrogen and oxygen atoms in total. The maximum atomic E-state index is 14.1. The highest BCUT2D eigenvalue weighted by atomic mass is 32.2. The number of amides is 3. The largest absolute Gasteiger partial charge is 0.390 e. The fourth-order valence-corrected chi connectivity index (χ4v) is 7.61. The highest BCUT2D eigenvalue weighted by Gasteiger charge is 2.46. The number of rotatable bonds is 13. The number of pyridine rings is 1. The third-order valence-electron chi connectivity index (χ3n) is 10.1. The van der Waals surface area contributed by atoms with Gasteiger partial charge in [-0.2, -0.15) is 0 Å². The Morgan fingerprint density at radius 3 is 2.24 bits per heavy atom. The number of nitrogens with zero attached hydrogens (tertiary/aromatic N) is 2. The zero-order valence-corrected chi connectivity index (χ0v) is 31.1. The molecule has 2 aromatic rings. The minimum atomic E-state index is -3.86. The van der Waals surface area contributed by atoms with Crippen molar-refractivity contribution >= 4 is 33.6 Å². The third kappa shape index (κ3) is 10.7. The van der Waals surface area contributed by atoms with Crippen molar-refractivity contribution in [2.24, 2.45) is 11.8 Å². The molecule has 3 amide bonds. The van der Waals surface area contributed by atoms with Crippen LogP contribution in [0.5, 0.6) is 0 Å². The molecule has 0 radical (unpaired) electrons. The lowest BCUT2D eigenvalue weighted by molar-refractivity contribution is -0.133. The number of nitrogens with one attached hydrogen (secondary N) is 3. The number of fused-ring (bicyclic) bond motifs is 1. The summed E-state index contributed by atoms with van der Waals surface area (Å²) < 4.78 is 24.3. The molecule has 0 spiro atoms. The SMILES string of the molecule is CC(C)(C)NC(=O)[C@@H]1C[C@@H]2CCCC[C@@H]2CN1C[C@@H](O)[C@H](Cc1ccccc1)NC(=O)[C@@H](NC(=O)C=Cc1ccncc1)C(C)(C)S(C)(=O)=O. The van der Waals surface area contributed by atoms with Crippen molar-refractivity contribution < 1.29 is 27.9 Å². The van der Waals surface area contributed by atoms with Gasteiger partial charge in [0.05, 0.1) is 22.9 Å². The number of aliphatic hydroxyl groups excluding tert-OH is 1. The molecule has 1 aromatic carbocycles. The van der Waals surface area contributed by atoms with E-state index in [0.717, 1.165) is 37.5 Å². The van der Waals surface area contributed by atoms with Crippen LogP contribution in [0, 0.1) is 11.8 Å². The van der Waals surface area contributed by atoms with Gasteiger partial charge in [-0.15, -0.1) is 0 Å². The molecule has 12 heteroatoms. The van der Waals surface area contributed by atoms with E-state index < -0.39 is 56.2 Å². The van der Waals surface area contributed by atoms with Gasteiger partial charge in [-0.3, -0.25) is 24.3 Å². The van der Waals surface area contributed by atoms with Crippen molar-refractivity contribution in [2.45, 2.75) is 108 Å². The summed E-state index contributed by atoms with van der Waals surface area (Å²) in [5.41, 5.74) is 1.14. The Morgan fingerprint density at radius 2 is 1.62 bits per heavy atom. The number of benzene rings is 1. The third-order valence-corrected chi connectivity index (χ3v) is 12.3. The molecular formula is C38H55N5O6S. The van der Waals surface area contributed by atoms with Gasteiger partial charge in [0.15, 0.2) is 9.84 Å². The highest BCUT2D eigenvalue weighted by molar-refractivity contribution is 7.92. The quantitative estimate of drug-likeness (QED) is 0.231. The maximum absolute atomic E-state index is 14.1. The Morgan fingerprint density at radius 1 is 0.980 bits per heavy atom. The van der Waals surface area contributed by atoms with E-state index in [1.165, 1.54) is 19.9 Å². The first-order chi connectivity index (χ1) is 23.4. The molecule has 6 atom stereocenters. The van der Waals surface area contributed by atoms with E-state index in [-0.39, 0.29) is 18.9 Å². The van der Waals surface area contributed by atoms with E-state index in [0.29, 0.717) is 30.4 Å². The van der Waals surface area contributed by atoms with Crippen LogP contribution < -0.4 is 16.0 Å². The van der Waals surface area contributed by atoms with Crippen molar-refractivity contribution in [1.29, 1.82) is 0 Å². The Bertz CT molecular complexity index is 1590. The molecular weight excluding hydrogens is 655 g/mol. The lowest BCUT2D eigenvalue weighted by Gasteiger charge is -2.47. The molecule has 4 N–H and O–H groups in total. The first-order valence-corrected chi connectivity index (χ1v) is 19.5. The number of aromatic nitrogens is 1. The van der Waals surface area contributed by atoms with Crippen LogP contribution in [0.3, 0.4) is 0 Å². The monoisotopic (exact) mass is 709 g/mol. The Hall–Kier alpha value is -3.61. The molecule has 0 bridgehead atoms. The molecule has 2 aliphatic rings. The second-order valence-electron chi connectivity index (χ2n) is 15.6. The van der Waals surface area contributed by atoms with Crippen LogP contribution in [-0.2, 0) is 30.6 Å². The fraction of sp³-hybridized carbons (Fsp3) is 0.579. The number of likely N-dealkylation sites (tertiary alicyclic amines) is 1. The Labute approximate surface area is 297 Å². The molecule has 1 aromatic heterocycles. The van der Waals surface area contributed by atoms with Gasteiger partial charge in [-0.1, -0.05) is 49.6 Å². The predicted octanol–water partition coefficient (Wildman–Crippen LogP) is 3.29. The van der Waals surface area contributed by atoms with Crippen molar-refractivity contribution in [1.82, 2.24) is 25.8 Å². The van der Waals surface area contributed by atoms with Crippen LogP contribution in [0.1, 0.15) is 77.8 Å². The van der Waals surface area contributed by atoms with Gasteiger partial charge in [0.25, 0.3) is 0 Å². The average molecular weight is 710 g/mol. The van der Waals surface area contributed by atoms with Crippen LogP contribution in [0.25, 0.3) is 6.08 Å². The molecule has 2 fully saturated rings. The Balaban J connectivity index is 1.61. The minimum Gasteiger partial charge on any atom is -0.390 e. The molecule has 4 rings (SSSR count). The van der Waals surface area contributed by atoms with Crippen LogP contribution in [0.2, 0.25) is 0 Å². The standard InChI is InChI=1S/C38H55N5O6S/c1-37(2,3)42-35(46)31-23-28-14-10-11-15-29(28)24-43(31)25-32(44)30(22-27-12-8-7-9-13-27)40-36(47)34(38(4,5)50(6,48)49)41-33(45)17-16-26-18-20-39-21-19-26/h7-9,12-13,16-21,28-32,34,44H,10-11,14-15,22-25H2,1-6H3,(H,40,47)(H,41,45)(H,42,46)/t28-,29+,30-,31-,32+,34+/m0/s1. The normalized spacial score (nSPS) is 22.2. The number of carbonyl (C=O) groups excluding carboxylic acids is 3. The van der Waals surface area contributed by atoms with E-state index in [1.807, 2.05) is 51.1 Å². The van der Waals surface area contributed by atoms with Crippen LogP contribution >= 0.6 is 0 Å².